The summed E-state index contributed by atoms with van der Waals surface area (Å²) in [5.74, 6) is -2.03. The molecule has 0 spiro atoms. The molecule has 0 aliphatic heterocycles. The van der Waals surface area contributed by atoms with Crippen molar-refractivity contribution in [3.8, 4) is 0 Å². The first-order valence-corrected chi connectivity index (χ1v) is 29.6. The molecule has 0 aromatic heterocycles. The second kappa shape index (κ2) is 55.2. The van der Waals surface area contributed by atoms with E-state index in [4.69, 9.17) is 18.9 Å². The Morgan fingerprint density at radius 3 is 1.15 bits per heavy atom. The van der Waals surface area contributed by atoms with E-state index in [1.165, 1.54) is 77.0 Å². The number of unbranched alkanes of at least 4 members (excludes halogenated alkanes) is 20. The summed E-state index contributed by atoms with van der Waals surface area (Å²) in [5.41, 5.74) is 0. The smallest absolute Gasteiger partial charge is 0.361 e. The van der Waals surface area contributed by atoms with Gasteiger partial charge in [-0.05, 0) is 96.3 Å². The van der Waals surface area contributed by atoms with Crippen LogP contribution in [0.3, 0.4) is 0 Å². The van der Waals surface area contributed by atoms with Crippen molar-refractivity contribution >= 4 is 17.9 Å². The minimum absolute atomic E-state index is 0.181. The number of carboxylic acids is 1. The summed E-state index contributed by atoms with van der Waals surface area (Å²) in [6.45, 7) is 4.69. The van der Waals surface area contributed by atoms with Gasteiger partial charge in [0.25, 0.3) is 6.29 Å². The summed E-state index contributed by atoms with van der Waals surface area (Å²) >= 11 is 0. The highest BCUT2D eigenvalue weighted by atomic mass is 16.7. The van der Waals surface area contributed by atoms with Crippen molar-refractivity contribution in [2.45, 2.75) is 238 Å². The van der Waals surface area contributed by atoms with Crippen molar-refractivity contribution in [1.29, 1.82) is 0 Å². The molecule has 0 heterocycles. The molecule has 422 valence electrons. The fourth-order valence-corrected chi connectivity index (χ4v) is 7.72. The molecule has 0 saturated heterocycles. The van der Waals surface area contributed by atoms with Gasteiger partial charge in [-0.25, -0.2) is 4.79 Å². The molecular formula is C65H110NO8+. The van der Waals surface area contributed by atoms with Crippen LogP contribution in [0.5, 0.6) is 0 Å². The average Bonchev–Trinajstić information content (AvgIpc) is 3.37. The average molecular weight is 1030 g/mol. The van der Waals surface area contributed by atoms with Crippen molar-refractivity contribution < 1.29 is 42.9 Å². The fraction of sp³-hybridized carbons (Fsp3) is 0.677. The summed E-state index contributed by atoms with van der Waals surface area (Å²) in [6.07, 6.45) is 73.2. The third kappa shape index (κ3) is 55.7. The molecule has 0 aromatic rings. The Balaban J connectivity index is 4.15. The van der Waals surface area contributed by atoms with Crippen LogP contribution in [0.2, 0.25) is 0 Å². The highest BCUT2D eigenvalue weighted by Gasteiger charge is 2.25. The van der Waals surface area contributed by atoms with Gasteiger partial charge in [0.1, 0.15) is 13.2 Å². The molecular weight excluding hydrogens is 923 g/mol. The number of rotatable bonds is 53. The zero-order valence-electron chi connectivity index (χ0n) is 48.0. The molecule has 0 radical (unpaired) electrons. The van der Waals surface area contributed by atoms with Crippen molar-refractivity contribution in [2.75, 3.05) is 47.5 Å². The van der Waals surface area contributed by atoms with Gasteiger partial charge in [-0.3, -0.25) is 9.59 Å². The van der Waals surface area contributed by atoms with E-state index in [-0.39, 0.29) is 38.6 Å². The molecule has 2 atom stereocenters. The molecule has 0 aromatic carbocycles. The third-order valence-corrected chi connectivity index (χ3v) is 12.3. The molecule has 0 aliphatic carbocycles. The van der Waals surface area contributed by atoms with Crippen molar-refractivity contribution in [3.63, 3.8) is 0 Å². The van der Waals surface area contributed by atoms with Gasteiger partial charge in [0.15, 0.2) is 6.10 Å². The molecule has 0 fully saturated rings. The number of hydrogen-bond donors (Lipinski definition) is 1. The van der Waals surface area contributed by atoms with Gasteiger partial charge in [-0.2, -0.15) is 0 Å². The van der Waals surface area contributed by atoms with E-state index in [0.717, 1.165) is 116 Å². The van der Waals surface area contributed by atoms with Gasteiger partial charge in [0.05, 0.1) is 34.4 Å². The Hall–Kier alpha value is -4.05. The zero-order valence-corrected chi connectivity index (χ0v) is 48.0. The first kappa shape index (κ1) is 70.0. The summed E-state index contributed by atoms with van der Waals surface area (Å²) < 4.78 is 22.8. The highest BCUT2D eigenvalue weighted by molar-refractivity contribution is 5.71. The van der Waals surface area contributed by atoms with Gasteiger partial charge < -0.3 is 28.5 Å². The predicted octanol–water partition coefficient (Wildman–Crippen LogP) is 17.5. The van der Waals surface area contributed by atoms with Crippen molar-refractivity contribution in [2.24, 2.45) is 0 Å². The number of ether oxygens (including phenoxy) is 4. The van der Waals surface area contributed by atoms with Crippen LogP contribution >= 0.6 is 0 Å². The van der Waals surface area contributed by atoms with E-state index < -0.39 is 24.3 Å². The molecule has 0 aliphatic rings. The number of hydrogen-bond acceptors (Lipinski definition) is 7. The molecule has 0 amide bonds. The number of nitrogens with zero attached hydrogens (tertiary/aromatic N) is 1. The Labute approximate surface area is 454 Å². The Bertz CT molecular complexity index is 1580. The monoisotopic (exact) mass is 1030 g/mol. The van der Waals surface area contributed by atoms with Crippen molar-refractivity contribution in [1.82, 2.24) is 0 Å². The molecule has 9 nitrogen and oxygen atoms in total. The lowest BCUT2D eigenvalue weighted by Gasteiger charge is -2.25. The lowest BCUT2D eigenvalue weighted by molar-refractivity contribution is -0.870. The Morgan fingerprint density at radius 1 is 0.419 bits per heavy atom. The van der Waals surface area contributed by atoms with Crippen LogP contribution < -0.4 is 0 Å². The molecule has 1 N–H and O–H groups in total. The second-order valence-corrected chi connectivity index (χ2v) is 20.6. The summed E-state index contributed by atoms with van der Waals surface area (Å²) in [4.78, 5) is 37.4. The van der Waals surface area contributed by atoms with Crippen LogP contribution in [-0.4, -0.2) is 87.4 Å². The van der Waals surface area contributed by atoms with Crippen LogP contribution in [-0.2, 0) is 33.3 Å². The standard InChI is InChI=1S/C65H109NO8/c1-6-8-10-12-14-16-18-20-22-23-24-25-26-27-28-29-30-31-32-33-34-35-36-37-38-39-40-41-42-44-46-48-50-52-54-56-63(68)74-61(60-73-65(64(69)70)71-58-57-66(3,4)5)59-72-62(67)55-53-51-49-47-45-43-21-19-17-15-13-11-9-7-2/h8,10,13-16,19-22,24-25,27-28,30-31,33-34,61,65H,6-7,9,11-12,17-18,23,26,29,32,35-60H2,1-5H3/p+1/b10-8-,15-13-,16-14-,21-19-,22-20-,25-24-,28-27-,31-30-,34-33-. The highest BCUT2D eigenvalue weighted by Crippen LogP contribution is 2.15. The van der Waals surface area contributed by atoms with Gasteiger partial charge in [-0.15, -0.1) is 0 Å². The first-order chi connectivity index (χ1) is 36.1. The van der Waals surface area contributed by atoms with E-state index >= 15 is 0 Å². The van der Waals surface area contributed by atoms with E-state index in [1.807, 2.05) is 21.1 Å². The van der Waals surface area contributed by atoms with Gasteiger partial charge in [0.2, 0.25) is 0 Å². The van der Waals surface area contributed by atoms with Crippen LogP contribution in [0.4, 0.5) is 0 Å². The maximum absolute atomic E-state index is 12.9. The third-order valence-electron chi connectivity index (χ3n) is 12.3. The minimum Gasteiger partial charge on any atom is -0.477 e. The summed E-state index contributed by atoms with van der Waals surface area (Å²) in [7, 11) is 5.96. The second-order valence-electron chi connectivity index (χ2n) is 20.6. The summed E-state index contributed by atoms with van der Waals surface area (Å²) in [5, 5.41) is 9.69. The minimum atomic E-state index is -1.52. The van der Waals surface area contributed by atoms with Crippen LogP contribution in [0.15, 0.2) is 109 Å². The Morgan fingerprint density at radius 2 is 0.770 bits per heavy atom. The summed E-state index contributed by atoms with van der Waals surface area (Å²) in [6, 6.07) is 0. The lowest BCUT2D eigenvalue weighted by Crippen LogP contribution is -2.40. The van der Waals surface area contributed by atoms with Gasteiger partial charge in [0, 0.05) is 12.8 Å². The number of carbonyl (C=O) groups is 3. The molecule has 2 unspecified atom stereocenters. The quantitative estimate of drug-likeness (QED) is 0.0211. The van der Waals surface area contributed by atoms with Crippen LogP contribution in [0, 0.1) is 0 Å². The topological polar surface area (TPSA) is 108 Å². The number of allylic oxidation sites excluding steroid dienone is 18. The van der Waals surface area contributed by atoms with Gasteiger partial charge >= 0.3 is 17.9 Å². The zero-order chi connectivity index (χ0) is 54.1. The largest absolute Gasteiger partial charge is 0.477 e. The molecule has 0 bridgehead atoms. The Kier molecular flexibility index (Phi) is 52.2. The van der Waals surface area contributed by atoms with E-state index in [2.05, 4.69) is 123 Å². The van der Waals surface area contributed by atoms with Crippen molar-refractivity contribution in [3.05, 3.63) is 109 Å². The number of carbonyl (C=O) groups excluding carboxylic acids is 2. The van der Waals surface area contributed by atoms with Gasteiger partial charge in [-0.1, -0.05) is 226 Å². The maximum atomic E-state index is 12.9. The normalized spacial score (nSPS) is 13.6. The molecule has 74 heavy (non-hydrogen) atoms. The maximum Gasteiger partial charge on any atom is 0.361 e. The predicted molar refractivity (Wildman–Crippen MR) is 313 cm³/mol. The van der Waals surface area contributed by atoms with E-state index in [9.17, 15) is 19.5 Å². The lowest BCUT2D eigenvalue weighted by atomic mass is 10.0. The SMILES string of the molecule is CC/C=C\C/C=C\C/C=C\C/C=C\C/C=C\C/C=C\C/C=C\CCCCCCCCCCCCCCCC(=O)OC(COC(=O)CCCCCCC/C=C\C/C=C\CCCC)COC(OCC[N+](C)(C)C)C(=O)O. The number of likely N-dealkylation sites (N-methyl/N-ethyl adjacent to an activating group) is 1. The fourth-order valence-electron chi connectivity index (χ4n) is 7.72. The van der Waals surface area contributed by atoms with E-state index in [1.54, 1.807) is 0 Å². The molecule has 9 heteroatoms. The number of esters is 2. The van der Waals surface area contributed by atoms with E-state index in [0.29, 0.717) is 17.4 Å². The number of aliphatic carboxylic acids is 1. The van der Waals surface area contributed by atoms with Crippen LogP contribution in [0.1, 0.15) is 226 Å². The molecule has 0 rings (SSSR count). The van der Waals surface area contributed by atoms with Crippen LogP contribution in [0.25, 0.3) is 0 Å². The first-order valence-electron chi connectivity index (χ1n) is 29.6. The molecule has 0 saturated carbocycles. The number of carboxylic acid groups (broad SMARTS) is 1. The number of quaternary nitrogens is 1.